The van der Waals surface area contributed by atoms with E-state index in [9.17, 15) is 4.79 Å². The zero-order valence-corrected chi connectivity index (χ0v) is 7.26. The second-order valence-corrected chi connectivity index (χ2v) is 2.95. The van der Waals surface area contributed by atoms with Crippen LogP contribution in [-0.4, -0.2) is 18.6 Å². The van der Waals surface area contributed by atoms with Gasteiger partial charge in [0.05, 0.1) is 6.61 Å². The van der Waals surface area contributed by atoms with Crippen molar-refractivity contribution in [2.45, 2.75) is 26.8 Å². The number of hydrogen-bond donors (Lipinski definition) is 2. The zero-order chi connectivity index (χ0) is 8.85. The van der Waals surface area contributed by atoms with Gasteiger partial charge in [-0.05, 0) is 12.8 Å². The highest BCUT2D eigenvalue weighted by molar-refractivity contribution is 5.79. The summed E-state index contributed by atoms with van der Waals surface area (Å²) in [4.78, 5) is 15.4. The van der Waals surface area contributed by atoms with Gasteiger partial charge in [0.2, 0.25) is 5.91 Å². The Morgan fingerprint density at radius 2 is 2.09 bits per heavy atom. The van der Waals surface area contributed by atoms with E-state index in [1.165, 1.54) is 0 Å². The Kier molecular flexibility index (Phi) is 4.81. The number of carbonyl (C=O) groups is 1. The second kappa shape index (κ2) is 5.09. The molecule has 0 fully saturated rings. The number of amides is 1. The third-order valence-electron chi connectivity index (χ3n) is 1.10. The lowest BCUT2D eigenvalue weighted by atomic mass is 10.2. The normalized spacial score (nSPS) is 13.5. The minimum Gasteiger partial charge on any atom is -0.368 e. The van der Waals surface area contributed by atoms with Crippen LogP contribution in [0.1, 0.15) is 20.8 Å². The van der Waals surface area contributed by atoms with E-state index in [0.717, 1.165) is 0 Å². The number of rotatable bonds is 5. The summed E-state index contributed by atoms with van der Waals surface area (Å²) in [7, 11) is 0. The van der Waals surface area contributed by atoms with Gasteiger partial charge in [-0.15, -0.1) is 0 Å². The highest BCUT2D eigenvalue weighted by Gasteiger charge is 2.06. The molecule has 0 aromatic heterocycles. The van der Waals surface area contributed by atoms with E-state index in [4.69, 9.17) is 10.6 Å². The number of carbonyl (C=O) groups excluding carboxylic acids is 1. The van der Waals surface area contributed by atoms with Crippen LogP contribution >= 0.6 is 0 Å². The molecule has 0 heterocycles. The molecule has 0 aliphatic rings. The highest BCUT2D eigenvalue weighted by atomic mass is 16.6. The molecule has 0 aliphatic heterocycles. The van der Waals surface area contributed by atoms with Crippen LogP contribution in [0.4, 0.5) is 0 Å². The largest absolute Gasteiger partial charge is 0.368 e. The van der Waals surface area contributed by atoms with Crippen LogP contribution in [0.2, 0.25) is 0 Å². The van der Waals surface area contributed by atoms with Gasteiger partial charge in [0.25, 0.3) is 0 Å². The number of hydroxylamine groups is 1. The van der Waals surface area contributed by atoms with E-state index in [1.807, 2.05) is 13.8 Å². The summed E-state index contributed by atoms with van der Waals surface area (Å²) in [6, 6.07) is -0.422. The van der Waals surface area contributed by atoms with Crippen LogP contribution in [0.5, 0.6) is 0 Å². The molecule has 1 unspecified atom stereocenters. The molecular weight excluding hydrogens is 144 g/mol. The number of nitrogens with two attached hydrogens (primary N) is 1. The number of primary amides is 1. The summed E-state index contributed by atoms with van der Waals surface area (Å²) in [5.74, 6) is 0.0383. The molecular formula is C7H16N2O2. The highest BCUT2D eigenvalue weighted by Crippen LogP contribution is 1.90. The van der Waals surface area contributed by atoms with Crippen molar-refractivity contribution in [1.82, 2.24) is 5.48 Å². The van der Waals surface area contributed by atoms with Crippen LogP contribution in [0.15, 0.2) is 0 Å². The first kappa shape index (κ1) is 10.4. The lowest BCUT2D eigenvalue weighted by molar-refractivity contribution is -0.124. The molecule has 0 radical (unpaired) electrons. The van der Waals surface area contributed by atoms with Crippen LogP contribution < -0.4 is 11.2 Å². The smallest absolute Gasteiger partial charge is 0.236 e. The molecule has 66 valence electrons. The van der Waals surface area contributed by atoms with Gasteiger partial charge in [-0.3, -0.25) is 4.79 Å². The van der Waals surface area contributed by atoms with Gasteiger partial charge < -0.3 is 10.6 Å². The first-order chi connectivity index (χ1) is 5.04. The van der Waals surface area contributed by atoms with Gasteiger partial charge in [0.1, 0.15) is 6.04 Å². The second-order valence-electron chi connectivity index (χ2n) is 2.95. The van der Waals surface area contributed by atoms with Crippen molar-refractivity contribution < 1.29 is 9.63 Å². The topological polar surface area (TPSA) is 64.3 Å². The number of nitrogens with one attached hydrogen (secondary N) is 1. The van der Waals surface area contributed by atoms with Crippen LogP contribution in [0, 0.1) is 5.92 Å². The predicted molar refractivity (Wildman–Crippen MR) is 42.6 cm³/mol. The molecule has 11 heavy (non-hydrogen) atoms. The van der Waals surface area contributed by atoms with Crippen LogP contribution in [0.3, 0.4) is 0 Å². The van der Waals surface area contributed by atoms with Crippen molar-refractivity contribution in [3.8, 4) is 0 Å². The number of hydrogen-bond acceptors (Lipinski definition) is 3. The standard InChI is InChI=1S/C7H16N2O2/c1-5(2)4-11-9-6(3)7(8)10/h5-6,9H,4H2,1-3H3,(H2,8,10). The first-order valence-electron chi connectivity index (χ1n) is 3.70. The maximum Gasteiger partial charge on any atom is 0.236 e. The van der Waals surface area contributed by atoms with E-state index in [2.05, 4.69) is 5.48 Å². The first-order valence-corrected chi connectivity index (χ1v) is 3.70. The summed E-state index contributed by atoms with van der Waals surface area (Å²) in [6.07, 6.45) is 0. The molecule has 4 nitrogen and oxygen atoms in total. The Bertz CT molecular complexity index is 126. The Morgan fingerprint density at radius 1 is 1.55 bits per heavy atom. The van der Waals surface area contributed by atoms with Gasteiger partial charge in [0.15, 0.2) is 0 Å². The molecule has 1 atom stereocenters. The van der Waals surface area contributed by atoms with Crippen molar-refractivity contribution in [3.63, 3.8) is 0 Å². The van der Waals surface area contributed by atoms with Crippen LogP contribution in [-0.2, 0) is 9.63 Å². The van der Waals surface area contributed by atoms with E-state index < -0.39 is 11.9 Å². The van der Waals surface area contributed by atoms with E-state index in [1.54, 1.807) is 6.92 Å². The fourth-order valence-corrected chi connectivity index (χ4v) is 0.398. The Morgan fingerprint density at radius 3 is 2.45 bits per heavy atom. The van der Waals surface area contributed by atoms with Gasteiger partial charge in [-0.2, -0.15) is 5.48 Å². The molecule has 0 spiro atoms. The van der Waals surface area contributed by atoms with Gasteiger partial charge in [-0.25, -0.2) is 0 Å². The molecule has 0 aromatic carbocycles. The van der Waals surface area contributed by atoms with Crippen LogP contribution in [0.25, 0.3) is 0 Å². The van der Waals surface area contributed by atoms with Crippen molar-refractivity contribution in [2.24, 2.45) is 11.7 Å². The molecule has 0 rings (SSSR count). The van der Waals surface area contributed by atoms with Gasteiger partial charge in [0, 0.05) is 0 Å². The maximum absolute atomic E-state index is 10.5. The maximum atomic E-state index is 10.5. The summed E-state index contributed by atoms with van der Waals surface area (Å²) in [6.45, 7) is 6.29. The third-order valence-corrected chi connectivity index (χ3v) is 1.10. The monoisotopic (exact) mass is 160 g/mol. The summed E-state index contributed by atoms with van der Waals surface area (Å²) >= 11 is 0. The Balaban J connectivity index is 3.31. The predicted octanol–water partition coefficient (Wildman–Crippen LogP) is 0.0374. The van der Waals surface area contributed by atoms with Gasteiger partial charge >= 0.3 is 0 Å². The van der Waals surface area contributed by atoms with Crippen molar-refractivity contribution in [3.05, 3.63) is 0 Å². The fourth-order valence-electron chi connectivity index (χ4n) is 0.398. The summed E-state index contributed by atoms with van der Waals surface area (Å²) in [5, 5.41) is 0. The summed E-state index contributed by atoms with van der Waals surface area (Å²) in [5.41, 5.74) is 7.51. The molecule has 4 heteroatoms. The third kappa shape index (κ3) is 5.82. The van der Waals surface area contributed by atoms with E-state index in [0.29, 0.717) is 12.5 Å². The average molecular weight is 160 g/mol. The molecule has 3 N–H and O–H groups in total. The Hall–Kier alpha value is -0.610. The molecule has 0 bridgehead atoms. The van der Waals surface area contributed by atoms with Gasteiger partial charge in [-0.1, -0.05) is 13.8 Å². The van der Waals surface area contributed by atoms with Crippen molar-refractivity contribution >= 4 is 5.91 Å². The molecule has 0 aromatic rings. The van der Waals surface area contributed by atoms with E-state index in [-0.39, 0.29) is 0 Å². The SMILES string of the molecule is CC(C)CONC(C)C(N)=O. The summed E-state index contributed by atoms with van der Waals surface area (Å²) < 4.78 is 0. The lowest BCUT2D eigenvalue weighted by Crippen LogP contribution is -2.39. The molecule has 1 amide bonds. The quantitative estimate of drug-likeness (QED) is 0.558. The molecule has 0 saturated carbocycles. The minimum atomic E-state index is -0.422. The van der Waals surface area contributed by atoms with E-state index >= 15 is 0 Å². The van der Waals surface area contributed by atoms with Crippen molar-refractivity contribution in [1.29, 1.82) is 0 Å². The average Bonchev–Trinajstić information content (AvgIpc) is 1.86. The lowest BCUT2D eigenvalue weighted by Gasteiger charge is -2.11. The Labute approximate surface area is 67.0 Å². The molecule has 0 saturated heterocycles. The van der Waals surface area contributed by atoms with Crippen molar-refractivity contribution in [2.75, 3.05) is 6.61 Å². The molecule has 0 aliphatic carbocycles. The fraction of sp³-hybridized carbons (Fsp3) is 0.857. The minimum absolute atomic E-state index is 0.409. The zero-order valence-electron chi connectivity index (χ0n) is 7.26.